The minimum atomic E-state index is -1.08. The molecule has 2 aromatic heterocycles. The topological polar surface area (TPSA) is 67.5 Å². The van der Waals surface area contributed by atoms with Crippen LogP contribution in [0.4, 0.5) is 0 Å². The van der Waals surface area contributed by atoms with Crippen molar-refractivity contribution in [3.05, 3.63) is 53.0 Å². The van der Waals surface area contributed by atoms with E-state index in [1.165, 1.54) is 4.40 Å². The van der Waals surface area contributed by atoms with Crippen molar-refractivity contribution in [2.45, 2.75) is 0 Å². The lowest BCUT2D eigenvalue weighted by molar-refractivity contribution is 0.0683. The number of aromatic nitrogens is 3. The lowest BCUT2D eigenvalue weighted by Crippen LogP contribution is -2.03. The van der Waals surface area contributed by atoms with E-state index in [1.807, 2.05) is 24.3 Å². The third-order valence-electron chi connectivity index (χ3n) is 2.69. The van der Waals surface area contributed by atoms with Crippen molar-refractivity contribution in [1.29, 1.82) is 0 Å². The fourth-order valence-electron chi connectivity index (χ4n) is 1.91. The highest BCUT2D eigenvalue weighted by Crippen LogP contribution is 2.25. The highest BCUT2D eigenvalue weighted by atomic mass is 79.9. The van der Waals surface area contributed by atoms with E-state index < -0.39 is 5.97 Å². The van der Waals surface area contributed by atoms with E-state index in [4.69, 9.17) is 0 Å². The Labute approximate surface area is 116 Å². The summed E-state index contributed by atoms with van der Waals surface area (Å²) in [6.07, 6.45) is 3.25. The average Bonchev–Trinajstić information content (AvgIpc) is 2.78. The minimum Gasteiger partial charge on any atom is -0.475 e. The zero-order chi connectivity index (χ0) is 13.4. The van der Waals surface area contributed by atoms with Gasteiger partial charge in [-0.15, -0.1) is 0 Å². The molecule has 2 heterocycles. The van der Waals surface area contributed by atoms with E-state index in [9.17, 15) is 9.90 Å². The van der Waals surface area contributed by atoms with Crippen molar-refractivity contribution >= 4 is 27.5 Å². The molecule has 94 valence electrons. The summed E-state index contributed by atoms with van der Waals surface area (Å²) in [5.74, 6) is -1.12. The van der Waals surface area contributed by atoms with Crippen LogP contribution in [0.1, 0.15) is 10.6 Å². The maximum absolute atomic E-state index is 11.2. The van der Waals surface area contributed by atoms with Crippen molar-refractivity contribution in [3.8, 4) is 11.3 Å². The van der Waals surface area contributed by atoms with E-state index >= 15 is 0 Å². The summed E-state index contributed by atoms with van der Waals surface area (Å²) in [4.78, 5) is 19.6. The molecule has 0 fully saturated rings. The number of hydrogen-bond donors (Lipinski definition) is 1. The second-order valence-corrected chi connectivity index (χ2v) is 4.83. The number of imidazole rings is 1. The highest BCUT2D eigenvalue weighted by molar-refractivity contribution is 9.10. The molecule has 3 aromatic rings. The maximum Gasteiger partial charge on any atom is 0.372 e. The van der Waals surface area contributed by atoms with Crippen LogP contribution in [0.5, 0.6) is 0 Å². The molecule has 1 aromatic carbocycles. The van der Waals surface area contributed by atoms with Gasteiger partial charge in [0.2, 0.25) is 5.82 Å². The summed E-state index contributed by atoms with van der Waals surface area (Å²) in [6.45, 7) is 0. The summed E-state index contributed by atoms with van der Waals surface area (Å²) in [6, 6.07) is 9.18. The number of fused-ring (bicyclic) bond motifs is 1. The number of hydrogen-bond acceptors (Lipinski definition) is 3. The van der Waals surface area contributed by atoms with Crippen LogP contribution in [0.3, 0.4) is 0 Å². The third-order valence-corrected chi connectivity index (χ3v) is 3.19. The van der Waals surface area contributed by atoms with Gasteiger partial charge in [0.15, 0.2) is 5.65 Å². The Kier molecular flexibility index (Phi) is 2.79. The Morgan fingerprint density at radius 3 is 2.89 bits per heavy atom. The number of carboxylic acid groups (broad SMARTS) is 1. The van der Waals surface area contributed by atoms with Crippen LogP contribution in [-0.2, 0) is 0 Å². The summed E-state index contributed by atoms with van der Waals surface area (Å²) in [7, 11) is 0. The standard InChI is InChI=1S/C13H8BrN3O2/c14-9-4-1-3-8(7-9)10-11-15-5-2-6-17(11)12(16-10)13(18)19/h1-7H,(H,18,19). The zero-order valence-electron chi connectivity index (χ0n) is 9.62. The Morgan fingerprint density at radius 1 is 1.32 bits per heavy atom. The molecule has 0 amide bonds. The van der Waals surface area contributed by atoms with Crippen molar-refractivity contribution < 1.29 is 9.90 Å². The molecule has 0 atom stereocenters. The number of halogens is 1. The van der Waals surface area contributed by atoms with E-state index in [-0.39, 0.29) is 5.82 Å². The molecule has 0 bridgehead atoms. The van der Waals surface area contributed by atoms with Crippen LogP contribution in [0.25, 0.3) is 16.9 Å². The second kappa shape index (κ2) is 4.47. The summed E-state index contributed by atoms with van der Waals surface area (Å²) in [5, 5.41) is 9.18. The largest absolute Gasteiger partial charge is 0.475 e. The van der Waals surface area contributed by atoms with Crippen LogP contribution in [0, 0.1) is 0 Å². The molecule has 0 saturated heterocycles. The van der Waals surface area contributed by atoms with Gasteiger partial charge >= 0.3 is 5.97 Å². The molecule has 1 N–H and O–H groups in total. The molecule has 5 nitrogen and oxygen atoms in total. The number of nitrogens with zero attached hydrogens (tertiary/aromatic N) is 3. The summed E-state index contributed by atoms with van der Waals surface area (Å²) >= 11 is 3.39. The first kappa shape index (κ1) is 11.9. The third kappa shape index (κ3) is 2.00. The Balaban J connectivity index is 2.33. The van der Waals surface area contributed by atoms with Gasteiger partial charge in [-0.25, -0.2) is 14.8 Å². The molecule has 0 spiro atoms. The first-order valence-electron chi connectivity index (χ1n) is 5.49. The zero-order valence-corrected chi connectivity index (χ0v) is 11.2. The maximum atomic E-state index is 11.2. The monoisotopic (exact) mass is 317 g/mol. The van der Waals surface area contributed by atoms with Gasteiger partial charge in [0.25, 0.3) is 0 Å². The van der Waals surface area contributed by atoms with Crippen LogP contribution in [0.15, 0.2) is 47.2 Å². The molecular formula is C13H8BrN3O2. The highest BCUT2D eigenvalue weighted by Gasteiger charge is 2.18. The van der Waals surface area contributed by atoms with Crippen molar-refractivity contribution in [2.24, 2.45) is 0 Å². The number of aromatic carboxylic acids is 1. The summed E-state index contributed by atoms with van der Waals surface area (Å²) in [5.41, 5.74) is 1.90. The molecular weight excluding hydrogens is 310 g/mol. The molecule has 0 aliphatic rings. The molecule has 3 rings (SSSR count). The predicted molar refractivity (Wildman–Crippen MR) is 73.1 cm³/mol. The van der Waals surface area contributed by atoms with Crippen LogP contribution in [-0.4, -0.2) is 25.4 Å². The smallest absolute Gasteiger partial charge is 0.372 e. The molecule has 0 unspecified atom stereocenters. The Morgan fingerprint density at radius 2 is 2.16 bits per heavy atom. The van der Waals surface area contributed by atoms with Gasteiger partial charge in [0, 0.05) is 22.4 Å². The van der Waals surface area contributed by atoms with E-state index in [2.05, 4.69) is 25.9 Å². The van der Waals surface area contributed by atoms with Gasteiger partial charge in [-0.2, -0.15) is 0 Å². The van der Waals surface area contributed by atoms with Crippen LogP contribution < -0.4 is 0 Å². The minimum absolute atomic E-state index is 0.0434. The van der Waals surface area contributed by atoms with Gasteiger partial charge in [-0.05, 0) is 18.2 Å². The lowest BCUT2D eigenvalue weighted by Gasteiger charge is -1.98. The van der Waals surface area contributed by atoms with E-state index in [0.717, 1.165) is 10.0 Å². The van der Waals surface area contributed by atoms with Crippen LogP contribution >= 0.6 is 15.9 Å². The van der Waals surface area contributed by atoms with Gasteiger partial charge in [-0.3, -0.25) is 4.40 Å². The fourth-order valence-corrected chi connectivity index (χ4v) is 2.31. The Hall–Kier alpha value is -2.21. The SMILES string of the molecule is O=C(O)c1nc(-c2cccc(Br)c2)c2ncccn12. The van der Waals surface area contributed by atoms with Crippen molar-refractivity contribution in [1.82, 2.24) is 14.4 Å². The lowest BCUT2D eigenvalue weighted by atomic mass is 10.2. The molecule has 0 radical (unpaired) electrons. The normalized spacial score (nSPS) is 10.8. The number of rotatable bonds is 2. The first-order chi connectivity index (χ1) is 9.16. The quantitative estimate of drug-likeness (QED) is 0.789. The van der Waals surface area contributed by atoms with Gasteiger partial charge in [0.05, 0.1) is 0 Å². The van der Waals surface area contributed by atoms with E-state index in [1.54, 1.807) is 18.5 Å². The molecule has 6 heteroatoms. The fraction of sp³-hybridized carbons (Fsp3) is 0. The predicted octanol–water partition coefficient (Wildman–Crippen LogP) is 2.86. The van der Waals surface area contributed by atoms with Gasteiger partial charge < -0.3 is 5.11 Å². The van der Waals surface area contributed by atoms with Crippen molar-refractivity contribution in [3.63, 3.8) is 0 Å². The first-order valence-corrected chi connectivity index (χ1v) is 6.28. The van der Waals surface area contributed by atoms with Crippen LogP contribution in [0.2, 0.25) is 0 Å². The molecule has 19 heavy (non-hydrogen) atoms. The van der Waals surface area contributed by atoms with Gasteiger partial charge in [-0.1, -0.05) is 28.1 Å². The van der Waals surface area contributed by atoms with Crippen molar-refractivity contribution in [2.75, 3.05) is 0 Å². The number of benzene rings is 1. The summed E-state index contributed by atoms with van der Waals surface area (Å²) < 4.78 is 2.37. The van der Waals surface area contributed by atoms with E-state index in [0.29, 0.717) is 11.3 Å². The molecule has 0 aliphatic heterocycles. The Bertz CT molecular complexity index is 782. The van der Waals surface area contributed by atoms with Gasteiger partial charge in [0.1, 0.15) is 5.69 Å². The average molecular weight is 318 g/mol. The number of carboxylic acids is 1. The number of carbonyl (C=O) groups is 1. The molecule has 0 saturated carbocycles. The molecule has 0 aliphatic carbocycles. The second-order valence-electron chi connectivity index (χ2n) is 3.91.